The van der Waals surface area contributed by atoms with Crippen LogP contribution in [0.4, 0.5) is 4.79 Å². The Morgan fingerprint density at radius 2 is 1.91 bits per heavy atom. The second-order valence-electron chi connectivity index (χ2n) is 9.99. The summed E-state index contributed by atoms with van der Waals surface area (Å²) in [6.07, 6.45) is 7.10. The summed E-state index contributed by atoms with van der Waals surface area (Å²) in [6, 6.07) is 10.2. The van der Waals surface area contributed by atoms with Crippen LogP contribution in [0.5, 0.6) is 0 Å². The Hall–Kier alpha value is -2.37. The smallest absolute Gasteiger partial charge is 0.410 e. The number of likely N-dealkylation sites (tertiary alicyclic amines) is 1. The van der Waals surface area contributed by atoms with Crippen molar-refractivity contribution >= 4 is 29.3 Å². The second kappa shape index (κ2) is 12.0. The van der Waals surface area contributed by atoms with Crippen molar-refractivity contribution in [3.8, 4) is 0 Å². The van der Waals surface area contributed by atoms with Gasteiger partial charge in [-0.3, -0.25) is 4.98 Å². The van der Waals surface area contributed by atoms with Crippen LogP contribution in [0.1, 0.15) is 88.6 Å². The highest BCUT2D eigenvalue weighted by atomic mass is 35.5. The average Bonchev–Trinajstić information content (AvgIpc) is 2.97. The predicted octanol–water partition coefficient (Wildman–Crippen LogP) is 7.17. The van der Waals surface area contributed by atoms with E-state index in [4.69, 9.17) is 21.3 Å². The number of fused-ring (bicyclic) bond motifs is 2. The van der Waals surface area contributed by atoms with Crippen LogP contribution in [0, 0.1) is 5.92 Å². The fourth-order valence-corrected chi connectivity index (χ4v) is 5.18. The predicted molar refractivity (Wildman–Crippen MR) is 144 cm³/mol. The topological polar surface area (TPSA) is 62.7 Å². The van der Waals surface area contributed by atoms with Gasteiger partial charge in [0.15, 0.2) is 0 Å². The summed E-state index contributed by atoms with van der Waals surface area (Å²) >= 11 is 6.39. The third-order valence-corrected chi connectivity index (χ3v) is 6.69. The Bertz CT molecular complexity index is 1040. The molecule has 1 aromatic carbocycles. The highest BCUT2D eigenvalue weighted by Gasteiger charge is 2.36. The normalized spacial score (nSPS) is 17.9. The molecule has 1 saturated heterocycles. The number of aromatic nitrogens is 1. The number of allylic oxidation sites excluding steroid dienone is 1. The molecule has 1 amide bonds. The highest BCUT2D eigenvalue weighted by molar-refractivity contribution is 6.30. The lowest BCUT2D eigenvalue weighted by Gasteiger charge is -2.37. The van der Waals surface area contributed by atoms with Gasteiger partial charge in [0.2, 0.25) is 0 Å². The fourth-order valence-electron chi connectivity index (χ4n) is 5.00. The first-order chi connectivity index (χ1) is 16.8. The van der Waals surface area contributed by atoms with E-state index in [2.05, 4.69) is 18.2 Å². The SMILES string of the molecule is CC.CC(C)(C)OC(=O)N1CCC(C2c3ccc(Cl)cc3C=C(CCCO)c3cccnc32)CC1. The maximum absolute atomic E-state index is 12.6. The number of halogens is 1. The van der Waals surface area contributed by atoms with E-state index in [1.54, 1.807) is 0 Å². The lowest BCUT2D eigenvalue weighted by atomic mass is 9.76. The number of pyridine rings is 1. The highest BCUT2D eigenvalue weighted by Crippen LogP contribution is 2.45. The number of rotatable bonds is 4. The van der Waals surface area contributed by atoms with Gasteiger partial charge in [-0.25, -0.2) is 4.79 Å². The van der Waals surface area contributed by atoms with E-state index in [-0.39, 0.29) is 18.6 Å². The molecule has 0 spiro atoms. The first-order valence-electron chi connectivity index (χ1n) is 12.8. The van der Waals surface area contributed by atoms with Gasteiger partial charge in [0.1, 0.15) is 5.60 Å². The summed E-state index contributed by atoms with van der Waals surface area (Å²) in [7, 11) is 0. The molecule has 1 atom stereocenters. The first kappa shape index (κ1) is 27.2. The number of aliphatic hydroxyl groups excluding tert-OH is 1. The van der Waals surface area contributed by atoms with E-state index in [1.165, 1.54) is 11.1 Å². The van der Waals surface area contributed by atoms with Crippen LogP contribution in [-0.2, 0) is 4.74 Å². The van der Waals surface area contributed by atoms with Gasteiger partial charge < -0.3 is 14.7 Å². The molecule has 2 heterocycles. The molecule has 2 aromatic rings. The molecule has 2 aliphatic rings. The van der Waals surface area contributed by atoms with Gasteiger partial charge in [-0.1, -0.05) is 43.7 Å². The maximum atomic E-state index is 12.6. The van der Waals surface area contributed by atoms with Gasteiger partial charge in [0, 0.05) is 36.8 Å². The Labute approximate surface area is 215 Å². The summed E-state index contributed by atoms with van der Waals surface area (Å²) in [4.78, 5) is 19.3. The van der Waals surface area contributed by atoms with Crippen LogP contribution < -0.4 is 0 Å². The van der Waals surface area contributed by atoms with E-state index >= 15 is 0 Å². The molecule has 1 aliphatic heterocycles. The van der Waals surface area contributed by atoms with E-state index in [1.807, 2.05) is 63.9 Å². The third kappa shape index (κ3) is 6.65. The zero-order valence-corrected chi connectivity index (χ0v) is 22.4. The van der Waals surface area contributed by atoms with Crippen molar-refractivity contribution in [1.82, 2.24) is 9.88 Å². The molecular formula is C29H39ClN2O3. The molecule has 0 bridgehead atoms. The van der Waals surface area contributed by atoms with Gasteiger partial charge in [0.25, 0.3) is 0 Å². The van der Waals surface area contributed by atoms with Crippen molar-refractivity contribution in [3.63, 3.8) is 0 Å². The minimum atomic E-state index is -0.493. The van der Waals surface area contributed by atoms with Gasteiger partial charge >= 0.3 is 6.09 Å². The number of nitrogens with zero attached hydrogens (tertiary/aromatic N) is 2. The Morgan fingerprint density at radius 1 is 1.20 bits per heavy atom. The lowest BCUT2D eigenvalue weighted by Crippen LogP contribution is -2.42. The molecule has 1 fully saturated rings. The fraction of sp³-hybridized carbons (Fsp3) is 0.517. The molecule has 1 unspecified atom stereocenters. The van der Waals surface area contributed by atoms with E-state index in [9.17, 15) is 9.90 Å². The molecule has 4 rings (SSSR count). The largest absolute Gasteiger partial charge is 0.444 e. The molecule has 0 saturated carbocycles. The van der Waals surface area contributed by atoms with Gasteiger partial charge in [0.05, 0.1) is 5.69 Å². The minimum Gasteiger partial charge on any atom is -0.444 e. The van der Waals surface area contributed by atoms with Crippen molar-refractivity contribution in [2.24, 2.45) is 5.92 Å². The van der Waals surface area contributed by atoms with Crippen molar-refractivity contribution < 1.29 is 14.6 Å². The monoisotopic (exact) mass is 498 g/mol. The second-order valence-corrected chi connectivity index (χ2v) is 10.4. The number of carbonyl (C=O) groups is 1. The number of amides is 1. The quantitative estimate of drug-likeness (QED) is 0.485. The van der Waals surface area contributed by atoms with Crippen LogP contribution in [0.2, 0.25) is 5.02 Å². The first-order valence-corrected chi connectivity index (χ1v) is 13.2. The van der Waals surface area contributed by atoms with Gasteiger partial charge in [-0.05, 0) is 92.8 Å². The summed E-state index contributed by atoms with van der Waals surface area (Å²) < 4.78 is 5.59. The van der Waals surface area contributed by atoms with Crippen LogP contribution in [-0.4, -0.2) is 46.4 Å². The number of carbonyl (C=O) groups excluding carboxylic acids is 1. The van der Waals surface area contributed by atoms with Crippen molar-refractivity contribution in [2.75, 3.05) is 19.7 Å². The van der Waals surface area contributed by atoms with Crippen LogP contribution in [0.15, 0.2) is 36.5 Å². The van der Waals surface area contributed by atoms with E-state index in [0.29, 0.717) is 30.5 Å². The van der Waals surface area contributed by atoms with Crippen LogP contribution >= 0.6 is 11.6 Å². The van der Waals surface area contributed by atoms with Crippen molar-refractivity contribution in [1.29, 1.82) is 0 Å². The summed E-state index contributed by atoms with van der Waals surface area (Å²) in [6.45, 7) is 11.2. The Kier molecular flexibility index (Phi) is 9.37. The lowest BCUT2D eigenvalue weighted by molar-refractivity contribution is 0.0178. The molecule has 6 heteroatoms. The molecule has 35 heavy (non-hydrogen) atoms. The summed E-state index contributed by atoms with van der Waals surface area (Å²) in [5, 5.41) is 10.2. The van der Waals surface area contributed by atoms with Gasteiger partial charge in [-0.2, -0.15) is 0 Å². The maximum Gasteiger partial charge on any atom is 0.410 e. The number of benzene rings is 1. The number of piperidine rings is 1. The van der Waals surface area contributed by atoms with Crippen molar-refractivity contribution in [2.45, 2.75) is 71.8 Å². The number of ether oxygens (including phenoxy) is 1. The van der Waals surface area contributed by atoms with Gasteiger partial charge in [-0.15, -0.1) is 0 Å². The molecule has 1 aliphatic carbocycles. The minimum absolute atomic E-state index is 0.122. The Morgan fingerprint density at radius 3 is 2.57 bits per heavy atom. The molecule has 1 N–H and O–H groups in total. The molecular weight excluding hydrogens is 460 g/mol. The Balaban J connectivity index is 0.00000167. The summed E-state index contributed by atoms with van der Waals surface area (Å²) in [5.41, 5.74) is 5.27. The number of hydrogen-bond donors (Lipinski definition) is 1. The van der Waals surface area contributed by atoms with E-state index < -0.39 is 5.60 Å². The van der Waals surface area contributed by atoms with E-state index in [0.717, 1.165) is 36.1 Å². The molecule has 0 radical (unpaired) electrons. The average molecular weight is 499 g/mol. The number of aliphatic hydroxyl groups is 1. The molecule has 190 valence electrons. The zero-order valence-electron chi connectivity index (χ0n) is 21.7. The third-order valence-electron chi connectivity index (χ3n) is 6.46. The molecule has 1 aromatic heterocycles. The number of hydrogen-bond acceptors (Lipinski definition) is 4. The van der Waals surface area contributed by atoms with Crippen molar-refractivity contribution in [3.05, 3.63) is 63.9 Å². The zero-order chi connectivity index (χ0) is 25.6. The van der Waals surface area contributed by atoms with Crippen LogP contribution in [0.25, 0.3) is 11.6 Å². The molecule has 5 nitrogen and oxygen atoms in total. The van der Waals surface area contributed by atoms with Crippen LogP contribution in [0.3, 0.4) is 0 Å². The summed E-state index contributed by atoms with van der Waals surface area (Å²) in [5.74, 6) is 0.472. The standard InChI is InChI=1S/C27H33ClN2O3.C2H6/c1-27(2,3)33-26(32)30-13-10-18(11-14-30)24-22-9-8-21(28)17-20(22)16-19(6-5-15-31)23-7-4-12-29-25(23)24;1-2/h4,7-9,12,16-18,24,31H,5-6,10-11,13-15H2,1-3H3;1-2H3.